The number of ketones is 1. The van der Waals surface area contributed by atoms with Gasteiger partial charge >= 0.3 is 0 Å². The van der Waals surface area contributed by atoms with Crippen LogP contribution >= 0.6 is 0 Å². The lowest BCUT2D eigenvalue weighted by Gasteiger charge is -2.26. The van der Waals surface area contributed by atoms with Gasteiger partial charge in [0.15, 0.2) is 0 Å². The molecule has 180 valence electrons. The van der Waals surface area contributed by atoms with Crippen LogP contribution in [-0.2, 0) is 16.0 Å². The Morgan fingerprint density at radius 2 is 1.82 bits per heavy atom. The number of aromatic hydroxyl groups is 1. The first-order valence-corrected chi connectivity index (χ1v) is 11.9. The molecule has 7 nitrogen and oxygen atoms in total. The number of carbonyl (C=O) groups excluding carboxylic acids is 2. The molecule has 0 bridgehead atoms. The third-order valence-electron chi connectivity index (χ3n) is 6.69. The Kier molecular flexibility index (Phi) is 6.93. The fourth-order valence-corrected chi connectivity index (χ4v) is 4.84. The number of Topliss-reactive ketones (excluding diaryl/α,β-unsaturated/α-hetero) is 1. The fourth-order valence-electron chi connectivity index (χ4n) is 4.84. The van der Waals surface area contributed by atoms with Crippen LogP contribution in [-0.4, -0.2) is 64.0 Å². The minimum Gasteiger partial charge on any atom is -0.508 e. The summed E-state index contributed by atoms with van der Waals surface area (Å²) < 4.78 is 5.75. The first-order valence-electron chi connectivity index (χ1n) is 11.9. The Morgan fingerprint density at radius 1 is 1.12 bits per heavy atom. The van der Waals surface area contributed by atoms with Gasteiger partial charge in [-0.05, 0) is 74.4 Å². The molecule has 2 unspecified atom stereocenters. The largest absolute Gasteiger partial charge is 0.508 e. The molecule has 7 heteroatoms. The Hall–Kier alpha value is -3.32. The molecular formula is C27H32N2O5. The number of hydrogen-bond donors (Lipinski definition) is 2. The zero-order valence-corrected chi connectivity index (χ0v) is 20.0. The van der Waals surface area contributed by atoms with Gasteiger partial charge < -0.3 is 24.7 Å². The molecule has 2 atom stereocenters. The summed E-state index contributed by atoms with van der Waals surface area (Å²) in [6.07, 6.45) is 1.48. The van der Waals surface area contributed by atoms with Crippen molar-refractivity contribution < 1.29 is 24.5 Å². The molecule has 2 aromatic rings. The van der Waals surface area contributed by atoms with Crippen molar-refractivity contribution in [1.29, 1.82) is 0 Å². The highest BCUT2D eigenvalue weighted by Crippen LogP contribution is 2.41. The summed E-state index contributed by atoms with van der Waals surface area (Å²) in [7, 11) is 0. The van der Waals surface area contributed by atoms with Crippen molar-refractivity contribution in [3.05, 3.63) is 64.7 Å². The van der Waals surface area contributed by atoms with Crippen LogP contribution in [0, 0.1) is 0 Å². The molecule has 0 radical (unpaired) electrons. The summed E-state index contributed by atoms with van der Waals surface area (Å²) >= 11 is 0. The predicted molar refractivity (Wildman–Crippen MR) is 130 cm³/mol. The van der Waals surface area contributed by atoms with Crippen molar-refractivity contribution in [1.82, 2.24) is 9.80 Å². The van der Waals surface area contributed by atoms with Crippen LogP contribution in [0.25, 0.3) is 5.76 Å². The number of aliphatic hydroxyl groups is 1. The summed E-state index contributed by atoms with van der Waals surface area (Å²) in [5, 5.41) is 21.0. The molecule has 2 aliphatic heterocycles. The summed E-state index contributed by atoms with van der Waals surface area (Å²) in [5.41, 5.74) is 2.19. The third-order valence-corrected chi connectivity index (χ3v) is 6.69. The maximum atomic E-state index is 13.2. The maximum absolute atomic E-state index is 13.2. The molecule has 34 heavy (non-hydrogen) atoms. The molecule has 1 amide bonds. The second-order valence-electron chi connectivity index (χ2n) is 8.92. The average Bonchev–Trinajstić information content (AvgIpc) is 3.32. The number of nitrogens with zero attached hydrogens (tertiary/aromatic N) is 2. The molecule has 0 spiro atoms. The lowest BCUT2D eigenvalue weighted by Crippen LogP contribution is -2.33. The van der Waals surface area contributed by atoms with Gasteiger partial charge in [-0.3, -0.25) is 9.59 Å². The van der Waals surface area contributed by atoms with Gasteiger partial charge in [0.25, 0.3) is 11.7 Å². The van der Waals surface area contributed by atoms with Crippen molar-refractivity contribution in [2.45, 2.75) is 45.8 Å². The van der Waals surface area contributed by atoms with Gasteiger partial charge in [-0.15, -0.1) is 0 Å². The Balaban J connectivity index is 1.72. The van der Waals surface area contributed by atoms with E-state index in [1.165, 1.54) is 12.1 Å². The van der Waals surface area contributed by atoms with Gasteiger partial charge in [0.2, 0.25) is 0 Å². The zero-order valence-electron chi connectivity index (χ0n) is 20.0. The van der Waals surface area contributed by atoms with E-state index in [0.717, 1.165) is 37.4 Å². The molecule has 0 aliphatic carbocycles. The SMILES string of the molecule is CCN(CC)CCCN1C(=O)C(=O)/C(=C(/O)c2ccc3c(c2)CC(C)O3)C1c1ccc(O)cc1. The van der Waals surface area contributed by atoms with Crippen molar-refractivity contribution >= 4 is 17.4 Å². The minimum absolute atomic E-state index is 0.0563. The number of benzene rings is 2. The Morgan fingerprint density at radius 3 is 2.50 bits per heavy atom. The Bertz CT molecular complexity index is 1100. The molecule has 0 aromatic heterocycles. The number of fused-ring (bicyclic) bond motifs is 1. The number of aliphatic hydroxyl groups excluding tert-OH is 1. The van der Waals surface area contributed by atoms with Crippen molar-refractivity contribution in [2.75, 3.05) is 26.2 Å². The summed E-state index contributed by atoms with van der Waals surface area (Å²) in [6.45, 7) is 9.19. The first kappa shape index (κ1) is 23.8. The number of phenolic OH excluding ortho intramolecular Hbond substituents is 1. The summed E-state index contributed by atoms with van der Waals surface area (Å²) in [6, 6.07) is 11.1. The van der Waals surface area contributed by atoms with Crippen molar-refractivity contribution in [3.63, 3.8) is 0 Å². The number of carbonyl (C=O) groups is 2. The molecule has 0 saturated carbocycles. The number of hydrogen-bond acceptors (Lipinski definition) is 6. The van der Waals surface area contributed by atoms with Gasteiger partial charge in [-0.1, -0.05) is 26.0 Å². The topological polar surface area (TPSA) is 90.3 Å². The van der Waals surface area contributed by atoms with Crippen molar-refractivity contribution in [2.24, 2.45) is 0 Å². The van der Waals surface area contributed by atoms with E-state index in [4.69, 9.17) is 4.74 Å². The number of likely N-dealkylation sites (tertiary alicyclic amines) is 1. The molecule has 1 fully saturated rings. The molecule has 1 saturated heterocycles. The summed E-state index contributed by atoms with van der Waals surface area (Å²) in [4.78, 5) is 30.1. The lowest BCUT2D eigenvalue weighted by atomic mass is 9.94. The standard InChI is InChI=1S/C27H32N2O5/c1-4-28(5-2)13-6-14-29-24(18-7-10-21(30)11-8-18)23(26(32)27(29)33)25(31)19-9-12-22-20(16-19)15-17(3)34-22/h7-12,16-17,24,30-31H,4-6,13-15H2,1-3H3/b25-23+. The van der Waals surface area contributed by atoms with Crippen LogP contribution in [0.15, 0.2) is 48.0 Å². The normalized spacial score (nSPS) is 21.2. The van der Waals surface area contributed by atoms with Crippen LogP contribution in [0.5, 0.6) is 11.5 Å². The zero-order chi connectivity index (χ0) is 24.4. The number of phenols is 1. The van der Waals surface area contributed by atoms with Crippen LogP contribution in [0.3, 0.4) is 0 Å². The molecule has 2 aliphatic rings. The van der Waals surface area contributed by atoms with E-state index in [1.54, 1.807) is 29.2 Å². The van der Waals surface area contributed by atoms with Crippen molar-refractivity contribution in [3.8, 4) is 11.5 Å². The second-order valence-corrected chi connectivity index (χ2v) is 8.92. The highest BCUT2D eigenvalue weighted by atomic mass is 16.5. The fraction of sp³-hybridized carbons (Fsp3) is 0.407. The quantitative estimate of drug-likeness (QED) is 0.350. The van der Waals surface area contributed by atoms with Crippen LogP contribution in [0.4, 0.5) is 0 Å². The molecule has 2 aromatic carbocycles. The highest BCUT2D eigenvalue weighted by Gasteiger charge is 2.45. The molecular weight excluding hydrogens is 432 g/mol. The van der Waals surface area contributed by atoms with Gasteiger partial charge in [-0.25, -0.2) is 0 Å². The van der Waals surface area contributed by atoms with Gasteiger partial charge in [0.1, 0.15) is 23.4 Å². The monoisotopic (exact) mass is 464 g/mol. The van der Waals surface area contributed by atoms with Gasteiger partial charge in [0, 0.05) is 18.5 Å². The van der Waals surface area contributed by atoms with Crippen LogP contribution in [0.1, 0.15) is 49.9 Å². The highest BCUT2D eigenvalue weighted by molar-refractivity contribution is 6.46. The second kappa shape index (κ2) is 9.89. The maximum Gasteiger partial charge on any atom is 0.295 e. The third kappa shape index (κ3) is 4.53. The molecule has 2 N–H and O–H groups in total. The Labute approximate surface area is 200 Å². The number of ether oxygens (including phenoxy) is 1. The van der Waals surface area contributed by atoms with E-state index >= 15 is 0 Å². The van der Waals surface area contributed by atoms with Crippen LogP contribution < -0.4 is 4.74 Å². The van der Waals surface area contributed by atoms with E-state index in [9.17, 15) is 19.8 Å². The predicted octanol–water partition coefficient (Wildman–Crippen LogP) is 3.87. The average molecular weight is 465 g/mol. The van der Waals surface area contributed by atoms with E-state index in [2.05, 4.69) is 18.7 Å². The number of rotatable bonds is 8. The lowest BCUT2D eigenvalue weighted by molar-refractivity contribution is -0.140. The first-order chi connectivity index (χ1) is 16.3. The van der Waals surface area contributed by atoms with Gasteiger partial charge in [-0.2, -0.15) is 0 Å². The molecule has 4 rings (SSSR count). The number of amides is 1. The molecule has 2 heterocycles. The summed E-state index contributed by atoms with van der Waals surface area (Å²) in [5.74, 6) is -0.628. The van der Waals surface area contributed by atoms with Gasteiger partial charge in [0.05, 0.1) is 11.6 Å². The van der Waals surface area contributed by atoms with E-state index in [-0.39, 0.29) is 23.2 Å². The van der Waals surface area contributed by atoms with E-state index in [0.29, 0.717) is 24.1 Å². The minimum atomic E-state index is -0.722. The van der Waals surface area contributed by atoms with E-state index in [1.807, 2.05) is 13.0 Å². The van der Waals surface area contributed by atoms with Crippen LogP contribution in [0.2, 0.25) is 0 Å². The smallest absolute Gasteiger partial charge is 0.295 e. The van der Waals surface area contributed by atoms with E-state index < -0.39 is 17.7 Å².